The lowest BCUT2D eigenvalue weighted by atomic mass is 10.1. The van der Waals surface area contributed by atoms with Gasteiger partial charge in [0.2, 0.25) is 0 Å². The van der Waals surface area contributed by atoms with Crippen LogP contribution in [0.5, 0.6) is 0 Å². The zero-order valence-corrected chi connectivity index (χ0v) is 16.7. The van der Waals surface area contributed by atoms with Crippen molar-refractivity contribution in [2.75, 3.05) is 6.61 Å². The summed E-state index contributed by atoms with van der Waals surface area (Å²) in [6.45, 7) is 11.5. The van der Waals surface area contributed by atoms with E-state index in [4.69, 9.17) is 9.47 Å². The van der Waals surface area contributed by atoms with Gasteiger partial charge < -0.3 is 14.6 Å². The molecule has 144 valence electrons. The first-order valence-corrected chi connectivity index (χ1v) is 9.41. The second-order valence-corrected chi connectivity index (χ2v) is 8.11. The number of carbonyl (C=O) groups is 1. The normalized spacial score (nSPS) is 20.8. The molecule has 0 aromatic rings. The number of unbranched alkanes of at least 4 members (excludes halogenated alkanes) is 5. The minimum Gasteiger partial charge on any atom is -0.444 e. The van der Waals surface area contributed by atoms with Gasteiger partial charge in [-0.1, -0.05) is 38.5 Å². The first-order chi connectivity index (χ1) is 11.6. The molecule has 1 rings (SSSR count). The van der Waals surface area contributed by atoms with Crippen molar-refractivity contribution in [3.63, 3.8) is 0 Å². The fraction of sp³-hybridized carbons (Fsp3) is 0.850. The second kappa shape index (κ2) is 9.45. The maximum absolute atomic E-state index is 12.5. The van der Waals surface area contributed by atoms with Gasteiger partial charge in [-0.25, -0.2) is 4.79 Å². The molecule has 1 heterocycles. The fourth-order valence-corrected chi connectivity index (χ4v) is 2.82. The molecule has 0 radical (unpaired) electrons. The Bertz CT molecular complexity index is 484. The largest absolute Gasteiger partial charge is 0.444 e. The molecule has 5 heteroatoms. The minimum atomic E-state index is -0.940. The summed E-state index contributed by atoms with van der Waals surface area (Å²) in [5, 5.41) is 10.4. The van der Waals surface area contributed by atoms with Crippen molar-refractivity contribution >= 4 is 6.09 Å². The molecule has 25 heavy (non-hydrogen) atoms. The van der Waals surface area contributed by atoms with Gasteiger partial charge in [-0.2, -0.15) is 0 Å². The maximum Gasteiger partial charge on any atom is 0.413 e. The molecule has 0 aromatic heterocycles. The third-order valence-corrected chi connectivity index (χ3v) is 4.13. The number of hydrogen-bond acceptors (Lipinski definition) is 4. The van der Waals surface area contributed by atoms with Gasteiger partial charge in [0.1, 0.15) is 17.4 Å². The average Bonchev–Trinajstić information content (AvgIpc) is 2.80. The summed E-state index contributed by atoms with van der Waals surface area (Å²) in [5.41, 5.74) is -1.43. The van der Waals surface area contributed by atoms with Gasteiger partial charge in [-0.15, -0.1) is 5.92 Å². The van der Waals surface area contributed by atoms with Crippen molar-refractivity contribution < 1.29 is 19.4 Å². The number of aliphatic hydroxyl groups excluding tert-OH is 1. The van der Waals surface area contributed by atoms with Crippen LogP contribution in [-0.4, -0.2) is 46.2 Å². The molecule has 0 aromatic carbocycles. The molecular formula is C20H35NO4. The molecule has 5 nitrogen and oxygen atoms in total. The predicted octanol–water partition coefficient (Wildman–Crippen LogP) is 4.08. The SMILES string of the molecule is CCCCCCCC#C[C@@H](O)[C@H]1COC(C)(C)N1C(=O)OC(C)(C)C. The van der Waals surface area contributed by atoms with E-state index < -0.39 is 29.6 Å². The number of rotatable bonds is 6. The Morgan fingerprint density at radius 2 is 1.96 bits per heavy atom. The Kier molecular flexibility index (Phi) is 8.24. The Morgan fingerprint density at radius 3 is 2.56 bits per heavy atom. The molecule has 1 amide bonds. The smallest absolute Gasteiger partial charge is 0.413 e. The number of nitrogens with zero attached hydrogens (tertiary/aromatic N) is 1. The lowest BCUT2D eigenvalue weighted by Crippen LogP contribution is -2.53. The summed E-state index contributed by atoms with van der Waals surface area (Å²) in [5.74, 6) is 5.92. The van der Waals surface area contributed by atoms with E-state index in [1.54, 1.807) is 13.8 Å². The van der Waals surface area contributed by atoms with Gasteiger partial charge in [0, 0.05) is 6.42 Å². The van der Waals surface area contributed by atoms with Crippen LogP contribution in [0.4, 0.5) is 4.79 Å². The molecule has 0 unspecified atom stereocenters. The molecule has 1 aliphatic rings. The van der Waals surface area contributed by atoms with Crippen LogP contribution in [0.2, 0.25) is 0 Å². The topological polar surface area (TPSA) is 59.0 Å². The Morgan fingerprint density at radius 1 is 1.32 bits per heavy atom. The highest BCUT2D eigenvalue weighted by Crippen LogP contribution is 2.30. The zero-order chi connectivity index (χ0) is 19.1. The Hall–Kier alpha value is -1.25. The van der Waals surface area contributed by atoms with Crippen molar-refractivity contribution in [1.29, 1.82) is 0 Å². The molecule has 0 saturated carbocycles. The molecule has 0 bridgehead atoms. The zero-order valence-electron chi connectivity index (χ0n) is 16.7. The summed E-state index contributed by atoms with van der Waals surface area (Å²) < 4.78 is 11.2. The monoisotopic (exact) mass is 353 g/mol. The fourth-order valence-electron chi connectivity index (χ4n) is 2.82. The molecule has 1 aliphatic heterocycles. The third kappa shape index (κ3) is 7.25. The third-order valence-electron chi connectivity index (χ3n) is 4.13. The van der Waals surface area contributed by atoms with Gasteiger partial charge in [0.25, 0.3) is 0 Å². The average molecular weight is 354 g/mol. The number of ether oxygens (including phenoxy) is 2. The minimum absolute atomic E-state index is 0.249. The quantitative estimate of drug-likeness (QED) is 0.577. The van der Waals surface area contributed by atoms with Gasteiger partial charge >= 0.3 is 6.09 Å². The van der Waals surface area contributed by atoms with Crippen molar-refractivity contribution in [1.82, 2.24) is 4.90 Å². The van der Waals surface area contributed by atoms with E-state index in [0.29, 0.717) is 0 Å². The van der Waals surface area contributed by atoms with Crippen LogP contribution in [-0.2, 0) is 9.47 Å². The Balaban J connectivity index is 2.64. The van der Waals surface area contributed by atoms with E-state index in [1.165, 1.54) is 30.6 Å². The van der Waals surface area contributed by atoms with E-state index in [9.17, 15) is 9.90 Å². The van der Waals surface area contributed by atoms with Crippen LogP contribution in [0.1, 0.15) is 80.1 Å². The molecule has 2 atom stereocenters. The summed E-state index contributed by atoms with van der Waals surface area (Å²) >= 11 is 0. The summed E-state index contributed by atoms with van der Waals surface area (Å²) in [7, 11) is 0. The van der Waals surface area contributed by atoms with Gasteiger partial charge in [0.05, 0.1) is 12.6 Å². The highest BCUT2D eigenvalue weighted by molar-refractivity contribution is 5.70. The first-order valence-electron chi connectivity index (χ1n) is 9.41. The van der Waals surface area contributed by atoms with Crippen molar-refractivity contribution in [3.8, 4) is 11.8 Å². The van der Waals surface area contributed by atoms with E-state index in [2.05, 4.69) is 18.8 Å². The molecular weight excluding hydrogens is 318 g/mol. The lowest BCUT2D eigenvalue weighted by Gasteiger charge is -2.35. The number of amides is 1. The van der Waals surface area contributed by atoms with Gasteiger partial charge in [-0.3, -0.25) is 4.90 Å². The predicted molar refractivity (Wildman–Crippen MR) is 99.1 cm³/mol. The van der Waals surface area contributed by atoms with Crippen molar-refractivity contribution in [3.05, 3.63) is 0 Å². The van der Waals surface area contributed by atoms with Crippen LogP contribution in [0.15, 0.2) is 0 Å². The molecule has 0 aliphatic carbocycles. The maximum atomic E-state index is 12.5. The van der Waals surface area contributed by atoms with Crippen LogP contribution < -0.4 is 0 Å². The standard InChI is InChI=1S/C20H35NO4/c1-7-8-9-10-11-12-13-14-17(22)16-15-24-20(5,6)21(16)18(23)25-19(2,3)4/h16-17,22H,7-12,15H2,1-6H3/t16-,17-/m1/s1. The number of aliphatic hydroxyl groups is 1. The van der Waals surface area contributed by atoms with E-state index >= 15 is 0 Å². The summed E-state index contributed by atoms with van der Waals surface area (Å²) in [6.07, 6.45) is 5.27. The van der Waals surface area contributed by atoms with Crippen LogP contribution in [0.25, 0.3) is 0 Å². The van der Waals surface area contributed by atoms with Crippen molar-refractivity contribution in [2.24, 2.45) is 0 Å². The van der Waals surface area contributed by atoms with Gasteiger partial charge in [-0.05, 0) is 41.0 Å². The van der Waals surface area contributed by atoms with Crippen LogP contribution in [0.3, 0.4) is 0 Å². The number of hydrogen-bond donors (Lipinski definition) is 1. The lowest BCUT2D eigenvalue weighted by molar-refractivity contribution is -0.0658. The van der Waals surface area contributed by atoms with E-state index in [0.717, 1.165) is 12.8 Å². The molecule has 1 saturated heterocycles. The van der Waals surface area contributed by atoms with Crippen LogP contribution >= 0.6 is 0 Å². The van der Waals surface area contributed by atoms with Crippen LogP contribution in [0, 0.1) is 11.8 Å². The van der Waals surface area contributed by atoms with E-state index in [-0.39, 0.29) is 6.61 Å². The summed E-state index contributed by atoms with van der Waals surface area (Å²) in [4.78, 5) is 14.0. The highest BCUT2D eigenvalue weighted by Gasteiger charge is 2.48. The van der Waals surface area contributed by atoms with E-state index in [1.807, 2.05) is 20.8 Å². The molecule has 1 N–H and O–H groups in total. The number of carbonyl (C=O) groups excluding carboxylic acids is 1. The highest BCUT2D eigenvalue weighted by atomic mass is 16.6. The van der Waals surface area contributed by atoms with Gasteiger partial charge in [0.15, 0.2) is 0 Å². The second-order valence-electron chi connectivity index (χ2n) is 8.11. The molecule has 0 spiro atoms. The Labute approximate surface area is 153 Å². The van der Waals surface area contributed by atoms with Crippen molar-refractivity contribution in [2.45, 2.75) is 104 Å². The summed E-state index contributed by atoms with van der Waals surface area (Å²) in [6, 6.07) is -0.516. The molecule has 1 fully saturated rings. The first kappa shape index (κ1) is 21.8.